The Kier molecular flexibility index (Phi) is 6.67. The Morgan fingerprint density at radius 3 is 2.61 bits per heavy atom. The number of benzene rings is 3. The Balaban J connectivity index is 1.43. The fraction of sp³-hybridized carbons (Fsp3) is 0.214. The number of hydrogen-bond acceptors (Lipinski definition) is 5. The van der Waals surface area contributed by atoms with Crippen molar-refractivity contribution in [1.82, 2.24) is 15.2 Å². The van der Waals surface area contributed by atoms with E-state index < -0.39 is 6.04 Å². The highest BCUT2D eigenvalue weighted by Gasteiger charge is 2.39. The number of methoxy groups -OCH3 is 1. The van der Waals surface area contributed by atoms with E-state index in [-0.39, 0.29) is 23.7 Å². The van der Waals surface area contributed by atoms with Crippen molar-refractivity contribution in [3.05, 3.63) is 89.1 Å². The van der Waals surface area contributed by atoms with Crippen molar-refractivity contribution >= 4 is 34.4 Å². The van der Waals surface area contributed by atoms with Gasteiger partial charge in [-0.25, -0.2) is 0 Å². The van der Waals surface area contributed by atoms with Crippen molar-refractivity contribution in [3.63, 3.8) is 0 Å². The van der Waals surface area contributed by atoms with Crippen LogP contribution in [0.25, 0.3) is 22.0 Å². The SMILES string of the molecule is COC(=O)[C@@H]1C[C@@H](NC(=O)c2[nH]c3ccc(Cl)cc3c2-c2ccccc2)CN1Cc1ccccc1O. The van der Waals surface area contributed by atoms with E-state index in [9.17, 15) is 14.7 Å². The summed E-state index contributed by atoms with van der Waals surface area (Å²) in [6, 6.07) is 21.4. The number of fused-ring (bicyclic) bond motifs is 1. The van der Waals surface area contributed by atoms with E-state index in [2.05, 4.69) is 10.3 Å². The van der Waals surface area contributed by atoms with Gasteiger partial charge in [-0.05, 0) is 36.2 Å². The third kappa shape index (κ3) is 4.67. The number of amides is 1. The molecule has 1 saturated heterocycles. The van der Waals surface area contributed by atoms with Gasteiger partial charge < -0.3 is 20.1 Å². The molecule has 5 rings (SSSR count). The monoisotopic (exact) mass is 503 g/mol. The summed E-state index contributed by atoms with van der Waals surface area (Å²) in [4.78, 5) is 31.3. The number of phenols is 1. The summed E-state index contributed by atoms with van der Waals surface area (Å²) < 4.78 is 5.02. The zero-order valence-electron chi connectivity index (χ0n) is 19.7. The second-order valence-electron chi connectivity index (χ2n) is 8.93. The first kappa shape index (κ1) is 23.9. The second-order valence-corrected chi connectivity index (χ2v) is 9.37. The molecule has 7 nitrogen and oxygen atoms in total. The highest BCUT2D eigenvalue weighted by atomic mass is 35.5. The zero-order valence-corrected chi connectivity index (χ0v) is 20.5. The van der Waals surface area contributed by atoms with E-state index in [1.54, 1.807) is 18.2 Å². The molecule has 36 heavy (non-hydrogen) atoms. The minimum Gasteiger partial charge on any atom is -0.508 e. The lowest BCUT2D eigenvalue weighted by molar-refractivity contribution is -0.146. The van der Waals surface area contributed by atoms with Crippen LogP contribution < -0.4 is 5.32 Å². The van der Waals surface area contributed by atoms with E-state index in [1.165, 1.54) is 7.11 Å². The molecule has 184 valence electrons. The molecule has 1 aromatic heterocycles. The average Bonchev–Trinajstić information content (AvgIpc) is 3.46. The number of likely N-dealkylation sites (tertiary alicyclic amines) is 1. The molecular weight excluding hydrogens is 478 g/mol. The van der Waals surface area contributed by atoms with Crippen LogP contribution in [0, 0.1) is 0 Å². The molecule has 1 aliphatic heterocycles. The van der Waals surface area contributed by atoms with E-state index in [0.717, 1.165) is 22.0 Å². The maximum atomic E-state index is 13.6. The van der Waals surface area contributed by atoms with Crippen LogP contribution in [-0.4, -0.2) is 52.6 Å². The molecule has 4 aromatic rings. The van der Waals surface area contributed by atoms with Crippen molar-refractivity contribution < 1.29 is 19.4 Å². The first-order valence-corrected chi connectivity index (χ1v) is 12.1. The van der Waals surface area contributed by atoms with Gasteiger partial charge in [0.05, 0.1) is 7.11 Å². The molecule has 1 aliphatic rings. The highest BCUT2D eigenvalue weighted by Crippen LogP contribution is 2.34. The average molecular weight is 504 g/mol. The predicted molar refractivity (Wildman–Crippen MR) is 139 cm³/mol. The first-order chi connectivity index (χ1) is 17.4. The Morgan fingerprint density at radius 1 is 1.11 bits per heavy atom. The second kappa shape index (κ2) is 10.0. The van der Waals surface area contributed by atoms with Crippen molar-refractivity contribution in [2.75, 3.05) is 13.7 Å². The first-order valence-electron chi connectivity index (χ1n) is 11.7. The number of ether oxygens (including phenoxy) is 1. The van der Waals surface area contributed by atoms with Crippen LogP contribution in [-0.2, 0) is 16.1 Å². The molecule has 3 aromatic carbocycles. The number of para-hydroxylation sites is 1. The molecular formula is C28H26ClN3O4. The summed E-state index contributed by atoms with van der Waals surface area (Å²) in [5.41, 5.74) is 3.63. The summed E-state index contributed by atoms with van der Waals surface area (Å²) >= 11 is 6.28. The number of esters is 1. The summed E-state index contributed by atoms with van der Waals surface area (Å²) in [5, 5.41) is 14.8. The van der Waals surface area contributed by atoms with Gasteiger partial charge in [0.2, 0.25) is 0 Å². The van der Waals surface area contributed by atoms with E-state index in [4.69, 9.17) is 16.3 Å². The van der Waals surface area contributed by atoms with Gasteiger partial charge in [0.25, 0.3) is 5.91 Å². The van der Waals surface area contributed by atoms with Crippen LogP contribution in [0.15, 0.2) is 72.8 Å². The minimum atomic E-state index is -0.532. The quantitative estimate of drug-likeness (QED) is 0.330. The molecule has 2 atom stereocenters. The summed E-state index contributed by atoms with van der Waals surface area (Å²) in [6.07, 6.45) is 0.402. The lowest BCUT2D eigenvalue weighted by atomic mass is 10.0. The number of carbonyl (C=O) groups excluding carboxylic acids is 2. The summed E-state index contributed by atoms with van der Waals surface area (Å²) in [7, 11) is 1.36. The molecule has 1 fully saturated rings. The standard InChI is InChI=1S/C28H26ClN3O4/c1-36-28(35)23-14-20(16-32(23)15-18-9-5-6-10-24(18)33)30-27(34)26-25(17-7-3-2-4-8-17)21-13-19(29)11-12-22(21)31-26/h2-13,20,23,31,33H,14-16H2,1H3,(H,30,34)/t20-,23+/m1/s1. The van der Waals surface area contributed by atoms with Gasteiger partial charge >= 0.3 is 5.97 Å². The van der Waals surface area contributed by atoms with Crippen molar-refractivity contribution in [1.29, 1.82) is 0 Å². The molecule has 0 saturated carbocycles. The Morgan fingerprint density at radius 2 is 1.86 bits per heavy atom. The number of nitrogens with one attached hydrogen (secondary N) is 2. The number of carbonyl (C=O) groups is 2. The fourth-order valence-electron chi connectivity index (χ4n) is 4.92. The molecule has 0 radical (unpaired) electrons. The smallest absolute Gasteiger partial charge is 0.323 e. The minimum absolute atomic E-state index is 0.165. The molecule has 2 heterocycles. The van der Waals surface area contributed by atoms with E-state index in [1.807, 2.05) is 59.5 Å². The molecule has 8 heteroatoms. The number of nitrogens with zero attached hydrogens (tertiary/aromatic N) is 1. The maximum absolute atomic E-state index is 13.6. The van der Waals surface area contributed by atoms with Crippen molar-refractivity contribution in [3.8, 4) is 16.9 Å². The Hall–Kier alpha value is -3.81. The number of aromatic nitrogens is 1. The van der Waals surface area contributed by atoms with Gasteiger partial charge in [0, 0.05) is 46.2 Å². The largest absolute Gasteiger partial charge is 0.508 e. The van der Waals surface area contributed by atoms with Crippen LogP contribution >= 0.6 is 11.6 Å². The van der Waals surface area contributed by atoms with E-state index in [0.29, 0.717) is 35.8 Å². The Labute approximate surface area is 213 Å². The number of phenolic OH excluding ortho intramolecular Hbond substituents is 1. The van der Waals surface area contributed by atoms with Crippen LogP contribution in [0.5, 0.6) is 5.75 Å². The predicted octanol–water partition coefficient (Wildman–Crippen LogP) is 4.74. The van der Waals surface area contributed by atoms with Gasteiger partial charge in [0.15, 0.2) is 0 Å². The molecule has 0 spiro atoms. The highest BCUT2D eigenvalue weighted by molar-refractivity contribution is 6.31. The van der Waals surface area contributed by atoms with Gasteiger partial charge in [-0.1, -0.05) is 60.1 Å². The molecule has 0 bridgehead atoms. The fourth-order valence-corrected chi connectivity index (χ4v) is 5.10. The van der Waals surface area contributed by atoms with Crippen LogP contribution in [0.4, 0.5) is 0 Å². The third-order valence-corrected chi connectivity index (χ3v) is 6.86. The number of halogens is 1. The summed E-state index contributed by atoms with van der Waals surface area (Å²) in [5.74, 6) is -0.468. The lowest BCUT2D eigenvalue weighted by Crippen LogP contribution is -2.38. The van der Waals surface area contributed by atoms with Gasteiger partial charge in [-0.3, -0.25) is 14.5 Å². The van der Waals surface area contributed by atoms with Crippen LogP contribution in [0.3, 0.4) is 0 Å². The van der Waals surface area contributed by atoms with Crippen molar-refractivity contribution in [2.45, 2.75) is 25.0 Å². The number of H-pyrrole nitrogens is 1. The normalized spacial score (nSPS) is 17.8. The topological polar surface area (TPSA) is 94.7 Å². The number of rotatable bonds is 6. The zero-order chi connectivity index (χ0) is 25.2. The lowest BCUT2D eigenvalue weighted by Gasteiger charge is -2.22. The van der Waals surface area contributed by atoms with Gasteiger partial charge in [-0.2, -0.15) is 0 Å². The third-order valence-electron chi connectivity index (χ3n) is 6.63. The number of aromatic hydroxyl groups is 1. The molecule has 0 unspecified atom stereocenters. The van der Waals surface area contributed by atoms with Crippen LogP contribution in [0.2, 0.25) is 5.02 Å². The number of hydrogen-bond donors (Lipinski definition) is 3. The molecule has 1 amide bonds. The molecule has 0 aliphatic carbocycles. The van der Waals surface area contributed by atoms with Crippen molar-refractivity contribution in [2.24, 2.45) is 0 Å². The maximum Gasteiger partial charge on any atom is 0.323 e. The van der Waals surface area contributed by atoms with E-state index >= 15 is 0 Å². The molecule has 3 N–H and O–H groups in total. The Bertz CT molecular complexity index is 1420. The number of aromatic amines is 1. The summed E-state index contributed by atoms with van der Waals surface area (Å²) in [6.45, 7) is 0.797. The van der Waals surface area contributed by atoms with Gasteiger partial charge in [-0.15, -0.1) is 0 Å². The van der Waals surface area contributed by atoms with Gasteiger partial charge in [0.1, 0.15) is 17.5 Å². The van der Waals surface area contributed by atoms with Crippen LogP contribution in [0.1, 0.15) is 22.5 Å².